The lowest BCUT2D eigenvalue weighted by Crippen LogP contribution is -1.88. The van der Waals surface area contributed by atoms with Crippen LogP contribution in [0.3, 0.4) is 0 Å². The van der Waals surface area contributed by atoms with Crippen LogP contribution < -0.4 is 5.73 Å². The Morgan fingerprint density at radius 3 is 2.57 bits per heavy atom. The predicted octanol–water partition coefficient (Wildman–Crippen LogP) is 2.64. The standard InChI is InChI=1S/C12H12N2/c1-9-4-2-7-12(14-9)10-5-3-6-11(13)8-10/h2-8H,13H2,1H3. The first-order chi connectivity index (χ1) is 6.75. The second-order valence-electron chi connectivity index (χ2n) is 3.29. The van der Waals surface area contributed by atoms with Crippen LogP contribution in [0.4, 0.5) is 5.69 Å². The molecule has 2 aromatic rings. The van der Waals surface area contributed by atoms with Crippen molar-refractivity contribution in [1.29, 1.82) is 0 Å². The third-order valence-corrected chi connectivity index (χ3v) is 2.07. The molecular weight excluding hydrogens is 172 g/mol. The van der Waals surface area contributed by atoms with Gasteiger partial charge in [-0.3, -0.25) is 4.98 Å². The first-order valence-electron chi connectivity index (χ1n) is 4.55. The van der Waals surface area contributed by atoms with Crippen LogP contribution in [0.1, 0.15) is 5.69 Å². The third kappa shape index (κ3) is 1.74. The van der Waals surface area contributed by atoms with Gasteiger partial charge in [-0.1, -0.05) is 18.2 Å². The van der Waals surface area contributed by atoms with Crippen molar-refractivity contribution in [1.82, 2.24) is 4.98 Å². The molecule has 0 aliphatic carbocycles. The maximum Gasteiger partial charge on any atom is 0.0705 e. The molecule has 0 unspecified atom stereocenters. The van der Waals surface area contributed by atoms with Gasteiger partial charge in [0.1, 0.15) is 0 Å². The van der Waals surface area contributed by atoms with E-state index in [1.165, 1.54) is 0 Å². The van der Waals surface area contributed by atoms with Crippen LogP contribution in [0.25, 0.3) is 11.3 Å². The van der Waals surface area contributed by atoms with Crippen molar-refractivity contribution >= 4 is 5.69 Å². The summed E-state index contributed by atoms with van der Waals surface area (Å²) in [6, 6.07) is 13.7. The number of aryl methyl sites for hydroxylation is 1. The number of benzene rings is 1. The number of hydrogen-bond donors (Lipinski definition) is 1. The summed E-state index contributed by atoms with van der Waals surface area (Å²) in [4.78, 5) is 4.43. The largest absolute Gasteiger partial charge is 0.399 e. The van der Waals surface area contributed by atoms with Crippen LogP contribution >= 0.6 is 0 Å². The lowest BCUT2D eigenvalue weighted by Gasteiger charge is -2.02. The van der Waals surface area contributed by atoms with Crippen LogP contribution in [0.2, 0.25) is 0 Å². The topological polar surface area (TPSA) is 38.9 Å². The summed E-state index contributed by atoms with van der Waals surface area (Å²) >= 11 is 0. The van der Waals surface area contributed by atoms with Gasteiger partial charge >= 0.3 is 0 Å². The number of nitrogen functional groups attached to an aromatic ring is 1. The van der Waals surface area contributed by atoms with Crippen molar-refractivity contribution in [3.8, 4) is 11.3 Å². The van der Waals surface area contributed by atoms with E-state index in [0.717, 1.165) is 22.6 Å². The fraction of sp³-hybridized carbons (Fsp3) is 0.0833. The highest BCUT2D eigenvalue weighted by Gasteiger charge is 1.98. The van der Waals surface area contributed by atoms with Crippen LogP contribution in [0.15, 0.2) is 42.5 Å². The Labute approximate surface area is 83.4 Å². The fourth-order valence-electron chi connectivity index (χ4n) is 1.40. The summed E-state index contributed by atoms with van der Waals surface area (Å²) in [5.74, 6) is 0. The molecule has 1 heterocycles. The minimum Gasteiger partial charge on any atom is -0.399 e. The van der Waals surface area contributed by atoms with Gasteiger partial charge in [0.2, 0.25) is 0 Å². The molecule has 0 saturated heterocycles. The molecule has 2 rings (SSSR count). The number of rotatable bonds is 1. The number of aromatic nitrogens is 1. The van der Waals surface area contributed by atoms with Crippen LogP contribution in [-0.4, -0.2) is 4.98 Å². The van der Waals surface area contributed by atoms with E-state index in [2.05, 4.69) is 4.98 Å². The highest BCUT2D eigenvalue weighted by molar-refractivity contribution is 5.63. The van der Waals surface area contributed by atoms with E-state index in [9.17, 15) is 0 Å². The van der Waals surface area contributed by atoms with Gasteiger partial charge in [-0.2, -0.15) is 0 Å². The average Bonchev–Trinajstić information content (AvgIpc) is 2.18. The second-order valence-corrected chi connectivity index (χ2v) is 3.29. The van der Waals surface area contributed by atoms with Gasteiger partial charge in [0.05, 0.1) is 5.69 Å². The molecule has 0 aliphatic rings. The predicted molar refractivity (Wildman–Crippen MR) is 58.8 cm³/mol. The Morgan fingerprint density at radius 1 is 1.07 bits per heavy atom. The van der Waals surface area contributed by atoms with Gasteiger partial charge < -0.3 is 5.73 Å². The average molecular weight is 184 g/mol. The molecule has 2 heteroatoms. The van der Waals surface area contributed by atoms with E-state index in [-0.39, 0.29) is 0 Å². The summed E-state index contributed by atoms with van der Waals surface area (Å²) in [6.07, 6.45) is 0. The number of pyridine rings is 1. The SMILES string of the molecule is Cc1cccc(-c2cccc(N)c2)n1. The molecule has 2 nitrogen and oxygen atoms in total. The maximum absolute atomic E-state index is 5.71. The van der Waals surface area contributed by atoms with Gasteiger partial charge in [0.15, 0.2) is 0 Å². The first-order valence-corrected chi connectivity index (χ1v) is 4.55. The minimum atomic E-state index is 0.769. The zero-order valence-electron chi connectivity index (χ0n) is 8.07. The van der Waals surface area contributed by atoms with Crippen molar-refractivity contribution in [2.24, 2.45) is 0 Å². The lowest BCUT2D eigenvalue weighted by molar-refractivity contribution is 1.21. The Bertz CT molecular complexity index is 406. The lowest BCUT2D eigenvalue weighted by atomic mass is 10.1. The van der Waals surface area contributed by atoms with Crippen molar-refractivity contribution in [3.63, 3.8) is 0 Å². The van der Waals surface area contributed by atoms with Crippen LogP contribution in [0.5, 0.6) is 0 Å². The zero-order valence-corrected chi connectivity index (χ0v) is 8.07. The molecule has 0 fully saturated rings. The molecule has 1 aromatic heterocycles. The summed E-state index contributed by atoms with van der Waals surface area (Å²) in [5, 5.41) is 0. The second kappa shape index (κ2) is 3.50. The molecule has 0 saturated carbocycles. The highest BCUT2D eigenvalue weighted by atomic mass is 14.7. The number of hydrogen-bond acceptors (Lipinski definition) is 2. The number of nitrogens with two attached hydrogens (primary N) is 1. The van der Waals surface area contributed by atoms with Gasteiger partial charge in [0, 0.05) is 16.9 Å². The van der Waals surface area contributed by atoms with E-state index in [4.69, 9.17) is 5.73 Å². The molecule has 0 radical (unpaired) electrons. The Balaban J connectivity index is 2.49. The fourth-order valence-corrected chi connectivity index (χ4v) is 1.40. The molecule has 0 bridgehead atoms. The number of anilines is 1. The molecule has 70 valence electrons. The first kappa shape index (κ1) is 8.75. The van der Waals surface area contributed by atoms with E-state index in [1.54, 1.807) is 0 Å². The molecular formula is C12H12N2. The minimum absolute atomic E-state index is 0.769. The summed E-state index contributed by atoms with van der Waals surface area (Å²) < 4.78 is 0. The monoisotopic (exact) mass is 184 g/mol. The molecule has 14 heavy (non-hydrogen) atoms. The van der Waals surface area contributed by atoms with Crippen molar-refractivity contribution in [2.75, 3.05) is 5.73 Å². The van der Waals surface area contributed by atoms with E-state index in [0.29, 0.717) is 0 Å². The third-order valence-electron chi connectivity index (χ3n) is 2.07. The molecule has 0 amide bonds. The molecule has 0 aliphatic heterocycles. The van der Waals surface area contributed by atoms with Crippen molar-refractivity contribution in [3.05, 3.63) is 48.2 Å². The maximum atomic E-state index is 5.71. The molecule has 0 spiro atoms. The Hall–Kier alpha value is -1.83. The molecule has 1 aromatic carbocycles. The van der Waals surface area contributed by atoms with Crippen LogP contribution in [0, 0.1) is 6.92 Å². The zero-order chi connectivity index (χ0) is 9.97. The smallest absolute Gasteiger partial charge is 0.0705 e. The number of nitrogens with zero attached hydrogens (tertiary/aromatic N) is 1. The molecule has 2 N–H and O–H groups in total. The normalized spacial score (nSPS) is 10.1. The van der Waals surface area contributed by atoms with Crippen molar-refractivity contribution < 1.29 is 0 Å². The van der Waals surface area contributed by atoms with Gasteiger partial charge in [0.25, 0.3) is 0 Å². The summed E-state index contributed by atoms with van der Waals surface area (Å²) in [5.41, 5.74) is 9.53. The van der Waals surface area contributed by atoms with Crippen LogP contribution in [-0.2, 0) is 0 Å². The van der Waals surface area contributed by atoms with Gasteiger partial charge in [-0.25, -0.2) is 0 Å². The van der Waals surface area contributed by atoms with Gasteiger partial charge in [-0.05, 0) is 31.2 Å². The van der Waals surface area contributed by atoms with E-state index in [1.807, 2.05) is 49.4 Å². The quantitative estimate of drug-likeness (QED) is 0.692. The van der Waals surface area contributed by atoms with Crippen molar-refractivity contribution in [2.45, 2.75) is 6.92 Å². The Morgan fingerprint density at radius 2 is 1.86 bits per heavy atom. The summed E-state index contributed by atoms with van der Waals surface area (Å²) in [7, 11) is 0. The van der Waals surface area contributed by atoms with E-state index >= 15 is 0 Å². The Kier molecular flexibility index (Phi) is 2.19. The van der Waals surface area contributed by atoms with E-state index < -0.39 is 0 Å². The summed E-state index contributed by atoms with van der Waals surface area (Å²) in [6.45, 7) is 1.98. The molecule has 0 atom stereocenters. The van der Waals surface area contributed by atoms with Gasteiger partial charge in [-0.15, -0.1) is 0 Å². The highest BCUT2D eigenvalue weighted by Crippen LogP contribution is 2.19.